The number of benzene rings is 2. The van der Waals surface area contributed by atoms with Gasteiger partial charge in [-0.15, -0.1) is 11.3 Å². The molecule has 1 saturated heterocycles. The molecule has 0 unspecified atom stereocenters. The van der Waals surface area contributed by atoms with Gasteiger partial charge in [0, 0.05) is 57.5 Å². The summed E-state index contributed by atoms with van der Waals surface area (Å²) < 4.78 is 5.22. The Bertz CT molecular complexity index is 1380. The van der Waals surface area contributed by atoms with Gasteiger partial charge in [0.2, 0.25) is 0 Å². The molecule has 0 saturated carbocycles. The molecule has 1 aliphatic heterocycles. The number of nitrogens with zero attached hydrogens (tertiary/aromatic N) is 3. The topological polar surface area (TPSA) is 73.5 Å². The SMILES string of the molecule is COCCN1CCN(Cc2ccc(/C=C/c3n[nH]c4ccccc34)c(NC(=O)c3sccc3C)c2)CC1. The van der Waals surface area contributed by atoms with Crippen molar-refractivity contribution in [2.45, 2.75) is 13.5 Å². The third-order valence-electron chi connectivity index (χ3n) is 6.84. The molecule has 1 aliphatic rings. The fourth-order valence-corrected chi connectivity index (χ4v) is 5.49. The molecule has 37 heavy (non-hydrogen) atoms. The second kappa shape index (κ2) is 11.8. The lowest BCUT2D eigenvalue weighted by Gasteiger charge is -2.34. The summed E-state index contributed by atoms with van der Waals surface area (Å²) in [7, 11) is 1.75. The van der Waals surface area contributed by atoms with Crippen LogP contribution in [0.15, 0.2) is 53.9 Å². The molecular formula is C29H33N5O2S. The maximum atomic E-state index is 13.1. The Morgan fingerprint density at radius 2 is 1.92 bits per heavy atom. The van der Waals surface area contributed by atoms with E-state index in [-0.39, 0.29) is 5.91 Å². The van der Waals surface area contributed by atoms with Gasteiger partial charge in [-0.3, -0.25) is 19.7 Å². The number of thiophene rings is 1. The van der Waals surface area contributed by atoms with Crippen molar-refractivity contribution in [2.24, 2.45) is 0 Å². The number of hydrogen-bond donors (Lipinski definition) is 2. The van der Waals surface area contributed by atoms with E-state index >= 15 is 0 Å². The molecule has 0 spiro atoms. The van der Waals surface area contributed by atoms with Gasteiger partial charge >= 0.3 is 0 Å². The molecule has 4 aromatic rings. The van der Waals surface area contributed by atoms with E-state index in [0.29, 0.717) is 0 Å². The quantitative estimate of drug-likeness (QED) is 0.324. The Hall–Kier alpha value is -3.30. The second-order valence-electron chi connectivity index (χ2n) is 9.41. The van der Waals surface area contributed by atoms with Crippen molar-refractivity contribution in [1.82, 2.24) is 20.0 Å². The molecule has 2 aromatic heterocycles. The van der Waals surface area contributed by atoms with Crippen LogP contribution >= 0.6 is 11.3 Å². The summed E-state index contributed by atoms with van der Waals surface area (Å²) in [4.78, 5) is 18.8. The highest BCUT2D eigenvalue weighted by Gasteiger charge is 2.18. The van der Waals surface area contributed by atoms with Gasteiger partial charge < -0.3 is 10.1 Å². The maximum Gasteiger partial charge on any atom is 0.266 e. The third-order valence-corrected chi connectivity index (χ3v) is 7.85. The van der Waals surface area contributed by atoms with Gasteiger partial charge in [-0.25, -0.2) is 0 Å². The standard InChI is InChI=1S/C29H33N5O2S/c1-21-11-18-37-28(21)29(35)30-27-19-22(20-34-14-12-33(13-15-34)16-17-36-2)7-8-23(27)9-10-26-24-5-3-4-6-25(24)31-32-26/h3-11,18-19H,12-17,20H2,1-2H3,(H,30,35)(H,31,32)/b10-9+. The summed E-state index contributed by atoms with van der Waals surface area (Å²) in [5, 5.41) is 13.7. The van der Waals surface area contributed by atoms with Crippen molar-refractivity contribution >= 4 is 46.0 Å². The number of amides is 1. The number of ether oxygens (including phenoxy) is 1. The minimum Gasteiger partial charge on any atom is -0.383 e. The Kier molecular flexibility index (Phi) is 8.11. The first-order valence-electron chi connectivity index (χ1n) is 12.6. The first-order chi connectivity index (χ1) is 18.1. The normalized spacial score (nSPS) is 15.1. The molecule has 2 aromatic carbocycles. The van der Waals surface area contributed by atoms with Crippen LogP contribution < -0.4 is 5.32 Å². The zero-order valence-corrected chi connectivity index (χ0v) is 22.2. The van der Waals surface area contributed by atoms with Gasteiger partial charge in [0.25, 0.3) is 5.91 Å². The van der Waals surface area contributed by atoms with Crippen LogP contribution in [0.3, 0.4) is 0 Å². The van der Waals surface area contributed by atoms with Gasteiger partial charge in [0.15, 0.2) is 0 Å². The van der Waals surface area contributed by atoms with Crippen LogP contribution in [-0.4, -0.2) is 72.3 Å². The average molecular weight is 516 g/mol. The molecule has 0 atom stereocenters. The summed E-state index contributed by atoms with van der Waals surface area (Å²) in [6, 6.07) is 16.4. The number of carbonyl (C=O) groups excluding carboxylic acids is 1. The number of para-hydroxylation sites is 1. The van der Waals surface area contributed by atoms with Gasteiger partial charge in [0.1, 0.15) is 0 Å². The monoisotopic (exact) mass is 515 g/mol. The Morgan fingerprint density at radius 1 is 1.11 bits per heavy atom. The number of piperazine rings is 1. The smallest absolute Gasteiger partial charge is 0.266 e. The molecule has 1 amide bonds. The maximum absolute atomic E-state index is 13.1. The number of carbonyl (C=O) groups is 1. The van der Waals surface area contributed by atoms with Gasteiger partial charge in [0.05, 0.1) is 22.7 Å². The van der Waals surface area contributed by atoms with E-state index in [2.05, 4.69) is 49.6 Å². The molecule has 1 fully saturated rings. The molecule has 0 bridgehead atoms. The van der Waals surface area contributed by atoms with E-state index in [1.807, 2.05) is 48.7 Å². The van der Waals surface area contributed by atoms with Crippen molar-refractivity contribution in [2.75, 3.05) is 51.8 Å². The van der Waals surface area contributed by atoms with E-state index in [1.165, 1.54) is 16.9 Å². The number of aromatic amines is 1. The predicted octanol–water partition coefficient (Wildman–Crippen LogP) is 5.12. The molecule has 3 heterocycles. The fourth-order valence-electron chi connectivity index (χ4n) is 4.67. The summed E-state index contributed by atoms with van der Waals surface area (Å²) >= 11 is 1.47. The number of anilines is 1. The summed E-state index contributed by atoms with van der Waals surface area (Å²) in [5.41, 5.74) is 5.81. The van der Waals surface area contributed by atoms with Crippen LogP contribution in [-0.2, 0) is 11.3 Å². The highest BCUT2D eigenvalue weighted by atomic mass is 32.1. The van der Waals surface area contributed by atoms with Crippen molar-refractivity contribution in [3.05, 3.63) is 81.2 Å². The van der Waals surface area contributed by atoms with Crippen molar-refractivity contribution < 1.29 is 9.53 Å². The highest BCUT2D eigenvalue weighted by Crippen LogP contribution is 2.25. The average Bonchev–Trinajstić information content (AvgIpc) is 3.54. The molecule has 7 nitrogen and oxygen atoms in total. The minimum atomic E-state index is -0.0729. The number of nitrogens with one attached hydrogen (secondary N) is 2. The van der Waals surface area contributed by atoms with E-state index < -0.39 is 0 Å². The molecule has 5 rings (SSSR count). The van der Waals surface area contributed by atoms with Crippen LogP contribution in [0.1, 0.15) is 32.1 Å². The van der Waals surface area contributed by atoms with Gasteiger partial charge in [-0.2, -0.15) is 5.10 Å². The predicted molar refractivity (Wildman–Crippen MR) is 152 cm³/mol. The second-order valence-corrected chi connectivity index (χ2v) is 10.3. The lowest BCUT2D eigenvalue weighted by Crippen LogP contribution is -2.46. The van der Waals surface area contributed by atoms with Crippen LogP contribution in [0.2, 0.25) is 0 Å². The van der Waals surface area contributed by atoms with Crippen molar-refractivity contribution in [3.63, 3.8) is 0 Å². The number of aromatic nitrogens is 2. The van der Waals surface area contributed by atoms with Gasteiger partial charge in [-0.1, -0.05) is 36.4 Å². The molecule has 0 aliphatic carbocycles. The summed E-state index contributed by atoms with van der Waals surface area (Å²) in [6.07, 6.45) is 4.02. The van der Waals surface area contributed by atoms with E-state index in [0.717, 1.165) is 84.2 Å². The first kappa shape index (κ1) is 25.4. The number of hydrogen-bond acceptors (Lipinski definition) is 6. The molecular weight excluding hydrogens is 482 g/mol. The van der Waals surface area contributed by atoms with Crippen LogP contribution in [0, 0.1) is 6.92 Å². The van der Waals surface area contributed by atoms with Crippen LogP contribution in [0.5, 0.6) is 0 Å². The molecule has 2 N–H and O–H groups in total. The minimum absolute atomic E-state index is 0.0729. The summed E-state index contributed by atoms with van der Waals surface area (Å²) in [6.45, 7) is 8.71. The van der Waals surface area contributed by atoms with E-state index in [4.69, 9.17) is 4.74 Å². The largest absolute Gasteiger partial charge is 0.383 e. The van der Waals surface area contributed by atoms with Crippen LogP contribution in [0.4, 0.5) is 5.69 Å². The van der Waals surface area contributed by atoms with E-state index in [9.17, 15) is 4.79 Å². The lowest BCUT2D eigenvalue weighted by atomic mass is 10.1. The zero-order valence-electron chi connectivity index (χ0n) is 21.4. The molecule has 8 heteroatoms. The van der Waals surface area contributed by atoms with Crippen LogP contribution in [0.25, 0.3) is 23.1 Å². The van der Waals surface area contributed by atoms with E-state index in [1.54, 1.807) is 7.11 Å². The number of aryl methyl sites for hydroxylation is 1. The zero-order chi connectivity index (χ0) is 25.6. The summed E-state index contributed by atoms with van der Waals surface area (Å²) in [5.74, 6) is -0.0729. The number of H-pyrrole nitrogens is 1. The third kappa shape index (κ3) is 6.17. The molecule has 0 radical (unpaired) electrons. The number of fused-ring (bicyclic) bond motifs is 1. The molecule has 192 valence electrons. The Morgan fingerprint density at radius 3 is 2.70 bits per heavy atom. The Labute approximate surface area is 221 Å². The number of methoxy groups -OCH3 is 1. The first-order valence-corrected chi connectivity index (χ1v) is 13.5. The number of rotatable bonds is 9. The van der Waals surface area contributed by atoms with Gasteiger partial charge in [-0.05, 0) is 53.3 Å². The highest BCUT2D eigenvalue weighted by molar-refractivity contribution is 7.12. The van der Waals surface area contributed by atoms with Crippen molar-refractivity contribution in [1.29, 1.82) is 0 Å². The fraction of sp³-hybridized carbons (Fsp3) is 0.310. The lowest BCUT2D eigenvalue weighted by molar-refractivity contribution is 0.0938. The Balaban J connectivity index is 1.36. The van der Waals surface area contributed by atoms with Crippen molar-refractivity contribution in [3.8, 4) is 0 Å².